The van der Waals surface area contributed by atoms with Crippen molar-refractivity contribution in [2.45, 2.75) is 51.0 Å². The van der Waals surface area contributed by atoms with E-state index in [1.54, 1.807) is 0 Å². The van der Waals surface area contributed by atoms with Crippen molar-refractivity contribution in [3.63, 3.8) is 0 Å². The number of nitrogens with one attached hydrogen (secondary N) is 1. The lowest BCUT2D eigenvalue weighted by Crippen LogP contribution is -2.48. The maximum atomic E-state index is 12.3. The molecule has 3 N–H and O–H groups in total. The highest BCUT2D eigenvalue weighted by Gasteiger charge is 2.40. The molecule has 1 saturated carbocycles. The minimum Gasteiger partial charge on any atom is -0.373 e. The summed E-state index contributed by atoms with van der Waals surface area (Å²) in [6.07, 6.45) is 6.24. The number of rotatable bonds is 4. The quantitative estimate of drug-likeness (QED) is 0.776. The molecule has 0 radical (unpaired) electrons. The van der Waals surface area contributed by atoms with Crippen molar-refractivity contribution in [3.05, 3.63) is 0 Å². The molecule has 1 aliphatic heterocycles. The summed E-state index contributed by atoms with van der Waals surface area (Å²) in [4.78, 5) is 12.3. The van der Waals surface area contributed by atoms with Crippen LogP contribution in [-0.2, 0) is 9.53 Å². The number of carbonyl (C=O) groups is 1. The molecule has 4 heteroatoms. The maximum Gasteiger partial charge on any atom is 0.227 e. The number of amides is 1. The molecule has 0 aromatic rings. The number of hydrogen-bond donors (Lipinski definition) is 2. The van der Waals surface area contributed by atoms with E-state index < -0.39 is 0 Å². The lowest BCUT2D eigenvalue weighted by atomic mass is 9.85. The molecule has 2 aliphatic rings. The molecule has 17 heavy (non-hydrogen) atoms. The third-order valence-corrected chi connectivity index (χ3v) is 4.36. The zero-order valence-electron chi connectivity index (χ0n) is 10.8. The highest BCUT2D eigenvalue weighted by molar-refractivity contribution is 5.83. The largest absolute Gasteiger partial charge is 0.373 e. The van der Waals surface area contributed by atoms with Gasteiger partial charge in [0.1, 0.15) is 0 Å². The van der Waals surface area contributed by atoms with E-state index in [0.717, 1.165) is 45.1 Å². The molecule has 1 amide bonds. The standard InChI is InChI=1S/C13H24N2O2/c1-12(5-4-8-17-12)10-15-11(16)13(9-14)6-2-3-7-13/h2-10,14H2,1H3,(H,15,16). The van der Waals surface area contributed by atoms with Gasteiger partial charge < -0.3 is 15.8 Å². The van der Waals surface area contributed by atoms with Crippen LogP contribution in [0.3, 0.4) is 0 Å². The van der Waals surface area contributed by atoms with Crippen molar-refractivity contribution in [1.82, 2.24) is 5.32 Å². The van der Waals surface area contributed by atoms with E-state index in [1.165, 1.54) is 0 Å². The lowest BCUT2D eigenvalue weighted by molar-refractivity contribution is -0.131. The molecule has 1 atom stereocenters. The summed E-state index contributed by atoms with van der Waals surface area (Å²) in [7, 11) is 0. The number of nitrogens with two attached hydrogens (primary N) is 1. The molecule has 0 bridgehead atoms. The smallest absolute Gasteiger partial charge is 0.227 e. The third-order valence-electron chi connectivity index (χ3n) is 4.36. The fraction of sp³-hybridized carbons (Fsp3) is 0.923. The summed E-state index contributed by atoms with van der Waals surface area (Å²) in [5.74, 6) is 0.134. The van der Waals surface area contributed by atoms with Crippen molar-refractivity contribution in [1.29, 1.82) is 0 Å². The molecule has 0 aromatic heterocycles. The molecular weight excluding hydrogens is 216 g/mol. The first-order valence-electron chi connectivity index (χ1n) is 6.73. The summed E-state index contributed by atoms with van der Waals surface area (Å²) in [6.45, 7) is 3.97. The van der Waals surface area contributed by atoms with E-state index in [-0.39, 0.29) is 16.9 Å². The van der Waals surface area contributed by atoms with E-state index in [0.29, 0.717) is 13.1 Å². The number of hydrogen-bond acceptors (Lipinski definition) is 3. The molecule has 1 unspecified atom stereocenters. The van der Waals surface area contributed by atoms with Crippen molar-refractivity contribution in [2.24, 2.45) is 11.1 Å². The Bertz CT molecular complexity index is 279. The summed E-state index contributed by atoms with van der Waals surface area (Å²) >= 11 is 0. The number of ether oxygens (including phenoxy) is 1. The average molecular weight is 240 g/mol. The van der Waals surface area contributed by atoms with E-state index in [2.05, 4.69) is 12.2 Å². The van der Waals surface area contributed by atoms with Crippen LogP contribution in [0.15, 0.2) is 0 Å². The minimum absolute atomic E-state index is 0.134. The normalized spacial score (nSPS) is 31.6. The van der Waals surface area contributed by atoms with Crippen molar-refractivity contribution in [3.8, 4) is 0 Å². The van der Waals surface area contributed by atoms with Crippen LogP contribution in [0, 0.1) is 5.41 Å². The maximum absolute atomic E-state index is 12.3. The first kappa shape index (κ1) is 12.8. The van der Waals surface area contributed by atoms with Crippen molar-refractivity contribution >= 4 is 5.91 Å². The van der Waals surface area contributed by atoms with Crippen molar-refractivity contribution < 1.29 is 9.53 Å². The first-order chi connectivity index (χ1) is 8.10. The van der Waals surface area contributed by atoms with Crippen LogP contribution in [-0.4, -0.2) is 31.2 Å². The molecule has 2 fully saturated rings. The highest BCUT2D eigenvalue weighted by atomic mass is 16.5. The van der Waals surface area contributed by atoms with Crippen LogP contribution in [0.25, 0.3) is 0 Å². The zero-order chi connectivity index (χ0) is 12.4. The Morgan fingerprint density at radius 1 is 1.29 bits per heavy atom. The van der Waals surface area contributed by atoms with E-state index in [1.807, 2.05) is 0 Å². The van der Waals surface area contributed by atoms with Gasteiger partial charge in [-0.15, -0.1) is 0 Å². The first-order valence-corrected chi connectivity index (χ1v) is 6.73. The Labute approximate surface area is 103 Å². The Morgan fingerprint density at radius 2 is 2.00 bits per heavy atom. The summed E-state index contributed by atoms with van der Waals surface area (Å²) < 4.78 is 5.67. The fourth-order valence-electron chi connectivity index (χ4n) is 3.01. The predicted octanol–water partition coefficient (Wildman–Crippen LogP) is 1.19. The Kier molecular flexibility index (Phi) is 3.73. The molecule has 4 nitrogen and oxygen atoms in total. The molecule has 1 saturated heterocycles. The third kappa shape index (κ3) is 2.63. The lowest BCUT2D eigenvalue weighted by Gasteiger charge is -2.29. The Hall–Kier alpha value is -0.610. The van der Waals surface area contributed by atoms with Crippen LogP contribution in [0.5, 0.6) is 0 Å². The van der Waals surface area contributed by atoms with Gasteiger partial charge in [-0.2, -0.15) is 0 Å². The van der Waals surface area contributed by atoms with Crippen LogP contribution >= 0.6 is 0 Å². The molecule has 0 aromatic carbocycles. The molecular formula is C13H24N2O2. The second-order valence-corrected chi connectivity index (χ2v) is 5.78. The van der Waals surface area contributed by atoms with Crippen LogP contribution in [0.1, 0.15) is 45.4 Å². The van der Waals surface area contributed by atoms with Gasteiger partial charge >= 0.3 is 0 Å². The molecule has 0 spiro atoms. The van der Waals surface area contributed by atoms with Gasteiger partial charge in [-0.3, -0.25) is 4.79 Å². The van der Waals surface area contributed by atoms with Crippen LogP contribution < -0.4 is 11.1 Å². The Balaban J connectivity index is 1.88. The zero-order valence-corrected chi connectivity index (χ0v) is 10.8. The van der Waals surface area contributed by atoms with Gasteiger partial charge in [0.25, 0.3) is 0 Å². The molecule has 98 valence electrons. The second-order valence-electron chi connectivity index (χ2n) is 5.78. The summed E-state index contributed by atoms with van der Waals surface area (Å²) in [5, 5.41) is 3.05. The van der Waals surface area contributed by atoms with Gasteiger partial charge in [-0.05, 0) is 32.6 Å². The van der Waals surface area contributed by atoms with Crippen LogP contribution in [0.2, 0.25) is 0 Å². The monoisotopic (exact) mass is 240 g/mol. The van der Waals surface area contributed by atoms with Gasteiger partial charge in [-0.25, -0.2) is 0 Å². The summed E-state index contributed by atoms with van der Waals surface area (Å²) in [6, 6.07) is 0. The predicted molar refractivity (Wildman–Crippen MR) is 66.6 cm³/mol. The van der Waals surface area contributed by atoms with E-state index in [4.69, 9.17) is 10.5 Å². The van der Waals surface area contributed by atoms with Crippen LogP contribution in [0.4, 0.5) is 0 Å². The summed E-state index contributed by atoms with van der Waals surface area (Å²) in [5.41, 5.74) is 5.34. The Morgan fingerprint density at radius 3 is 2.53 bits per heavy atom. The molecule has 1 aliphatic carbocycles. The van der Waals surface area contributed by atoms with E-state index >= 15 is 0 Å². The van der Waals surface area contributed by atoms with Gasteiger partial charge in [0.15, 0.2) is 0 Å². The number of carbonyl (C=O) groups excluding carboxylic acids is 1. The highest BCUT2D eigenvalue weighted by Crippen LogP contribution is 2.37. The van der Waals surface area contributed by atoms with E-state index in [9.17, 15) is 4.79 Å². The van der Waals surface area contributed by atoms with Gasteiger partial charge in [0.2, 0.25) is 5.91 Å². The SMILES string of the molecule is CC1(CNC(=O)C2(CN)CCCC2)CCCO1. The van der Waals surface area contributed by atoms with Gasteiger partial charge in [0.05, 0.1) is 11.0 Å². The minimum atomic E-state index is -0.297. The van der Waals surface area contributed by atoms with Gasteiger partial charge in [-0.1, -0.05) is 12.8 Å². The molecule has 2 rings (SSSR count). The molecule has 1 heterocycles. The van der Waals surface area contributed by atoms with Crippen molar-refractivity contribution in [2.75, 3.05) is 19.7 Å². The topological polar surface area (TPSA) is 64.4 Å². The second kappa shape index (κ2) is 4.94. The average Bonchev–Trinajstić information content (AvgIpc) is 2.96. The van der Waals surface area contributed by atoms with Gasteiger partial charge in [0, 0.05) is 19.7 Å². The fourth-order valence-corrected chi connectivity index (χ4v) is 3.01.